The molecular weight excluding hydrogens is 515 g/mol. The molecule has 3 atom stereocenters. The molecule has 8 nitrogen and oxygen atoms in total. The molecule has 172 valence electrons. The topological polar surface area (TPSA) is 108 Å². The molecule has 0 aliphatic heterocycles. The Bertz CT molecular complexity index is 772. The monoisotopic (exact) mass is 546 g/mol. The van der Waals surface area contributed by atoms with E-state index in [1.807, 2.05) is 25.1 Å². The lowest BCUT2D eigenvalue weighted by Crippen LogP contribution is -2.55. The molecule has 0 fully saturated rings. The average Bonchev–Trinajstić information content (AvgIpc) is 2.76. The second kappa shape index (κ2) is 13.0. The standard InChI is InChI=1S/C22H31IN2O6/c1-3-6-20(27)25(10-12-30-2)17-13-15(22(29)24-9-11-26)14-19(21(17)28)31-18-8-5-4-7-16(18)23/h4-5,7-8,14,17,19,21,26,28H,3,6,9-13H2,1-2H3,(H,24,29). The van der Waals surface area contributed by atoms with Crippen LogP contribution in [0, 0.1) is 3.57 Å². The van der Waals surface area contributed by atoms with Crippen LogP contribution in [0.5, 0.6) is 5.75 Å². The molecule has 9 heteroatoms. The number of amides is 2. The van der Waals surface area contributed by atoms with E-state index in [2.05, 4.69) is 27.9 Å². The highest BCUT2D eigenvalue weighted by Crippen LogP contribution is 2.29. The molecule has 0 saturated carbocycles. The molecule has 0 aromatic heterocycles. The third-order valence-corrected chi connectivity index (χ3v) is 5.93. The van der Waals surface area contributed by atoms with Crippen LogP contribution in [0.3, 0.4) is 0 Å². The summed E-state index contributed by atoms with van der Waals surface area (Å²) in [5.74, 6) is 0.132. The molecule has 0 saturated heterocycles. The maximum atomic E-state index is 12.8. The molecule has 31 heavy (non-hydrogen) atoms. The molecule has 1 aliphatic rings. The van der Waals surface area contributed by atoms with E-state index in [0.717, 1.165) is 3.57 Å². The van der Waals surface area contributed by atoms with Gasteiger partial charge in [-0.25, -0.2) is 0 Å². The molecule has 0 heterocycles. The molecule has 1 aromatic carbocycles. The number of aliphatic hydroxyl groups excluding tert-OH is 2. The van der Waals surface area contributed by atoms with Crippen molar-refractivity contribution >= 4 is 34.4 Å². The second-order valence-electron chi connectivity index (χ2n) is 7.28. The van der Waals surface area contributed by atoms with Gasteiger partial charge in [0.15, 0.2) is 0 Å². The van der Waals surface area contributed by atoms with Crippen molar-refractivity contribution in [2.24, 2.45) is 0 Å². The Hall–Kier alpha value is -1.69. The summed E-state index contributed by atoms with van der Waals surface area (Å²) in [7, 11) is 1.55. The minimum Gasteiger partial charge on any atom is -0.482 e. The zero-order valence-corrected chi connectivity index (χ0v) is 20.1. The molecule has 0 radical (unpaired) electrons. The third kappa shape index (κ3) is 7.16. The first-order valence-electron chi connectivity index (χ1n) is 10.4. The van der Waals surface area contributed by atoms with Gasteiger partial charge in [-0.3, -0.25) is 9.59 Å². The van der Waals surface area contributed by atoms with Crippen molar-refractivity contribution in [3.8, 4) is 5.75 Å². The smallest absolute Gasteiger partial charge is 0.247 e. The van der Waals surface area contributed by atoms with Crippen molar-refractivity contribution in [1.29, 1.82) is 0 Å². The number of halogens is 1. The highest BCUT2D eigenvalue weighted by Gasteiger charge is 2.40. The maximum absolute atomic E-state index is 12.8. The van der Waals surface area contributed by atoms with Crippen molar-refractivity contribution in [3.63, 3.8) is 0 Å². The van der Waals surface area contributed by atoms with Crippen molar-refractivity contribution in [2.45, 2.75) is 44.4 Å². The quantitative estimate of drug-likeness (QED) is 0.363. The van der Waals surface area contributed by atoms with E-state index >= 15 is 0 Å². The minimum absolute atomic E-state index is 0.103. The molecule has 2 amide bonds. The van der Waals surface area contributed by atoms with Crippen LogP contribution in [0.4, 0.5) is 0 Å². The van der Waals surface area contributed by atoms with Crippen LogP contribution in [0.25, 0.3) is 0 Å². The fourth-order valence-corrected chi connectivity index (χ4v) is 4.00. The number of ether oxygens (including phenoxy) is 2. The van der Waals surface area contributed by atoms with Crippen molar-refractivity contribution in [2.75, 3.05) is 33.4 Å². The van der Waals surface area contributed by atoms with Gasteiger partial charge in [-0.1, -0.05) is 19.1 Å². The van der Waals surface area contributed by atoms with Crippen molar-refractivity contribution < 1.29 is 29.3 Å². The van der Waals surface area contributed by atoms with Crippen LogP contribution in [0.1, 0.15) is 26.2 Å². The van der Waals surface area contributed by atoms with E-state index in [9.17, 15) is 14.7 Å². The van der Waals surface area contributed by atoms with E-state index in [0.29, 0.717) is 37.3 Å². The van der Waals surface area contributed by atoms with Gasteiger partial charge in [-0.15, -0.1) is 0 Å². The number of hydrogen-bond acceptors (Lipinski definition) is 6. The Morgan fingerprint density at radius 1 is 1.32 bits per heavy atom. The van der Waals surface area contributed by atoms with Gasteiger partial charge in [0.25, 0.3) is 0 Å². The Kier molecular flexibility index (Phi) is 10.7. The highest BCUT2D eigenvalue weighted by molar-refractivity contribution is 14.1. The summed E-state index contributed by atoms with van der Waals surface area (Å²) in [6.07, 6.45) is 0.962. The fraction of sp³-hybridized carbons (Fsp3) is 0.545. The minimum atomic E-state index is -1.02. The molecule has 3 N–H and O–H groups in total. The molecule has 1 aromatic rings. The SMILES string of the molecule is CCCC(=O)N(CCOC)C1CC(C(=O)NCCO)=CC(Oc2ccccc2I)C1O. The number of nitrogens with zero attached hydrogens (tertiary/aromatic N) is 1. The first-order chi connectivity index (χ1) is 14.9. The summed E-state index contributed by atoms with van der Waals surface area (Å²) in [5.41, 5.74) is 0.409. The van der Waals surface area contributed by atoms with Gasteiger partial charge in [0.1, 0.15) is 18.0 Å². The lowest BCUT2D eigenvalue weighted by Gasteiger charge is -2.40. The number of rotatable bonds is 11. The molecule has 2 rings (SSSR count). The summed E-state index contributed by atoms with van der Waals surface area (Å²) in [6.45, 7) is 2.48. The van der Waals surface area contributed by atoms with Gasteiger partial charge in [0, 0.05) is 38.6 Å². The van der Waals surface area contributed by atoms with Crippen LogP contribution in [0.2, 0.25) is 0 Å². The van der Waals surface area contributed by atoms with E-state index in [-0.39, 0.29) is 31.4 Å². The number of carbonyl (C=O) groups is 2. The average molecular weight is 546 g/mol. The van der Waals surface area contributed by atoms with E-state index < -0.39 is 18.2 Å². The van der Waals surface area contributed by atoms with Gasteiger partial charge in [0.2, 0.25) is 11.8 Å². The van der Waals surface area contributed by atoms with Crippen molar-refractivity contribution in [1.82, 2.24) is 10.2 Å². The number of benzene rings is 1. The summed E-state index contributed by atoms with van der Waals surface area (Å²) in [6, 6.07) is 6.76. The lowest BCUT2D eigenvalue weighted by atomic mass is 9.88. The fourth-order valence-electron chi connectivity index (χ4n) is 3.49. The largest absolute Gasteiger partial charge is 0.482 e. The summed E-state index contributed by atoms with van der Waals surface area (Å²) in [5, 5.41) is 22.8. The summed E-state index contributed by atoms with van der Waals surface area (Å²) in [4.78, 5) is 27.1. The number of aliphatic hydroxyl groups is 2. The molecule has 1 aliphatic carbocycles. The Morgan fingerprint density at radius 2 is 2.06 bits per heavy atom. The first kappa shape index (κ1) is 25.6. The van der Waals surface area contributed by atoms with Crippen LogP contribution in [-0.2, 0) is 14.3 Å². The summed E-state index contributed by atoms with van der Waals surface area (Å²) >= 11 is 2.14. The van der Waals surface area contributed by atoms with E-state index in [4.69, 9.17) is 14.6 Å². The predicted molar refractivity (Wildman–Crippen MR) is 125 cm³/mol. The zero-order chi connectivity index (χ0) is 22.8. The number of hydrogen-bond donors (Lipinski definition) is 3. The zero-order valence-electron chi connectivity index (χ0n) is 17.9. The molecule has 0 bridgehead atoms. The van der Waals surface area contributed by atoms with Crippen LogP contribution >= 0.6 is 22.6 Å². The van der Waals surface area contributed by atoms with Gasteiger partial charge in [-0.05, 0) is 47.2 Å². The van der Waals surface area contributed by atoms with Crippen LogP contribution < -0.4 is 10.1 Å². The van der Waals surface area contributed by atoms with Crippen LogP contribution in [-0.4, -0.2) is 78.6 Å². The van der Waals surface area contributed by atoms with E-state index in [1.54, 1.807) is 24.2 Å². The van der Waals surface area contributed by atoms with Gasteiger partial charge < -0.3 is 29.9 Å². The van der Waals surface area contributed by atoms with Crippen molar-refractivity contribution in [3.05, 3.63) is 39.5 Å². The van der Waals surface area contributed by atoms with Gasteiger partial charge >= 0.3 is 0 Å². The Labute approximate surface area is 196 Å². The van der Waals surface area contributed by atoms with E-state index in [1.165, 1.54) is 0 Å². The lowest BCUT2D eigenvalue weighted by molar-refractivity contribution is -0.139. The third-order valence-electron chi connectivity index (χ3n) is 5.03. The molecule has 0 spiro atoms. The predicted octanol–water partition coefficient (Wildman–Crippen LogP) is 1.48. The van der Waals surface area contributed by atoms with Gasteiger partial charge in [0.05, 0.1) is 22.8 Å². The second-order valence-corrected chi connectivity index (χ2v) is 8.44. The molecule has 3 unspecified atom stereocenters. The number of methoxy groups -OCH3 is 1. The Balaban J connectivity index is 2.36. The summed E-state index contributed by atoms with van der Waals surface area (Å²) < 4.78 is 12.1. The normalized spacial score (nSPS) is 20.7. The van der Waals surface area contributed by atoms with Gasteiger partial charge in [-0.2, -0.15) is 0 Å². The molecular formula is C22H31IN2O6. The Morgan fingerprint density at radius 3 is 2.71 bits per heavy atom. The van der Waals surface area contributed by atoms with Crippen LogP contribution in [0.15, 0.2) is 35.9 Å². The maximum Gasteiger partial charge on any atom is 0.247 e. The highest BCUT2D eigenvalue weighted by atomic mass is 127. The number of carbonyl (C=O) groups excluding carboxylic acids is 2. The number of nitrogens with one attached hydrogen (secondary N) is 1. The first-order valence-corrected chi connectivity index (χ1v) is 11.5. The number of para-hydroxylation sites is 1.